The van der Waals surface area contributed by atoms with Crippen molar-refractivity contribution < 1.29 is 9.90 Å². The normalized spacial score (nSPS) is 16.6. The van der Waals surface area contributed by atoms with Gasteiger partial charge < -0.3 is 15.3 Å². The van der Waals surface area contributed by atoms with Crippen molar-refractivity contribution in [2.24, 2.45) is 5.41 Å². The average molecular weight is 230 g/mol. The molecule has 16 heavy (non-hydrogen) atoms. The van der Waals surface area contributed by atoms with Gasteiger partial charge in [0.15, 0.2) is 0 Å². The second-order valence-corrected chi connectivity index (χ2v) is 4.78. The minimum atomic E-state index is -0.192. The Morgan fingerprint density at radius 2 is 2.06 bits per heavy atom. The smallest absolute Gasteiger partial charge is 0.239 e. The number of likely N-dealkylation sites (N-methyl/N-ethyl adjacent to an activating group) is 1. The monoisotopic (exact) mass is 230 g/mol. The number of aliphatic hydroxyl groups is 1. The highest BCUT2D eigenvalue weighted by atomic mass is 16.3. The van der Waals surface area contributed by atoms with Crippen LogP contribution >= 0.6 is 0 Å². The van der Waals surface area contributed by atoms with Gasteiger partial charge in [-0.1, -0.05) is 13.8 Å². The Morgan fingerprint density at radius 1 is 1.50 bits per heavy atom. The second kappa shape index (κ2) is 6.86. The van der Waals surface area contributed by atoms with Crippen molar-refractivity contribution in [3.63, 3.8) is 0 Å². The van der Waals surface area contributed by atoms with Crippen LogP contribution in [0.4, 0.5) is 0 Å². The lowest BCUT2D eigenvalue weighted by Crippen LogP contribution is -2.47. The Balaban J connectivity index is 4.16. The maximum atomic E-state index is 11.8. The average Bonchev–Trinajstić information content (AvgIpc) is 2.33. The molecule has 0 aliphatic carbocycles. The summed E-state index contributed by atoms with van der Waals surface area (Å²) >= 11 is 0. The first-order valence-electron chi connectivity index (χ1n) is 5.99. The van der Waals surface area contributed by atoms with E-state index >= 15 is 0 Å². The minimum absolute atomic E-state index is 0.0962. The van der Waals surface area contributed by atoms with E-state index in [4.69, 9.17) is 0 Å². The number of nitrogens with zero attached hydrogens (tertiary/aromatic N) is 1. The molecule has 2 N–H and O–H groups in total. The summed E-state index contributed by atoms with van der Waals surface area (Å²) in [7, 11) is 1.80. The molecule has 0 radical (unpaired) electrons. The molecule has 0 fully saturated rings. The zero-order chi connectivity index (χ0) is 12.8. The van der Waals surface area contributed by atoms with Crippen LogP contribution in [0.2, 0.25) is 0 Å². The standard InChI is InChI=1S/C12H26N2O2/c1-6-12(4,9-15)8-13-10(3)11(16)14(5)7-2/h10,13,15H,6-9H2,1-5H3. The number of aliphatic hydroxyl groups excluding tert-OH is 1. The largest absolute Gasteiger partial charge is 0.396 e. The summed E-state index contributed by atoms with van der Waals surface area (Å²) in [5, 5.41) is 12.4. The number of carbonyl (C=O) groups excluding carboxylic acids is 1. The van der Waals surface area contributed by atoms with Crippen molar-refractivity contribution >= 4 is 5.91 Å². The summed E-state index contributed by atoms with van der Waals surface area (Å²) in [5.74, 6) is 0.0962. The Morgan fingerprint density at radius 3 is 2.44 bits per heavy atom. The van der Waals surface area contributed by atoms with E-state index in [1.165, 1.54) is 0 Å². The molecule has 2 atom stereocenters. The second-order valence-electron chi connectivity index (χ2n) is 4.78. The lowest BCUT2D eigenvalue weighted by Gasteiger charge is -2.29. The fourth-order valence-electron chi connectivity index (χ4n) is 1.27. The highest BCUT2D eigenvalue weighted by Crippen LogP contribution is 2.18. The molecule has 96 valence electrons. The number of carbonyl (C=O) groups is 1. The Kier molecular flexibility index (Phi) is 6.60. The van der Waals surface area contributed by atoms with Crippen LogP contribution in [0, 0.1) is 5.41 Å². The first-order valence-corrected chi connectivity index (χ1v) is 5.99. The van der Waals surface area contributed by atoms with Gasteiger partial charge in [-0.15, -0.1) is 0 Å². The fourth-order valence-corrected chi connectivity index (χ4v) is 1.27. The molecule has 1 amide bonds. The third kappa shape index (κ3) is 4.49. The van der Waals surface area contributed by atoms with Gasteiger partial charge in [0, 0.05) is 32.2 Å². The van der Waals surface area contributed by atoms with Crippen molar-refractivity contribution in [3.05, 3.63) is 0 Å². The van der Waals surface area contributed by atoms with Crippen molar-refractivity contribution in [1.29, 1.82) is 0 Å². The van der Waals surface area contributed by atoms with E-state index < -0.39 is 0 Å². The number of hydrogen-bond acceptors (Lipinski definition) is 3. The molecule has 2 unspecified atom stereocenters. The molecular weight excluding hydrogens is 204 g/mol. The molecule has 0 saturated carbocycles. The predicted molar refractivity (Wildman–Crippen MR) is 66.3 cm³/mol. The molecule has 0 aliphatic rings. The van der Waals surface area contributed by atoms with Crippen molar-refractivity contribution in [2.45, 2.75) is 40.2 Å². The highest BCUT2D eigenvalue weighted by molar-refractivity contribution is 5.81. The molecule has 0 aromatic carbocycles. The maximum absolute atomic E-state index is 11.8. The summed E-state index contributed by atoms with van der Waals surface area (Å²) in [6, 6.07) is -0.192. The van der Waals surface area contributed by atoms with Crippen LogP contribution in [-0.4, -0.2) is 48.7 Å². The summed E-state index contributed by atoms with van der Waals surface area (Å²) in [6.45, 7) is 9.39. The molecule has 4 nitrogen and oxygen atoms in total. The Bertz CT molecular complexity index is 215. The van der Waals surface area contributed by atoms with Gasteiger partial charge in [0.2, 0.25) is 5.91 Å². The molecule has 4 heteroatoms. The highest BCUT2D eigenvalue weighted by Gasteiger charge is 2.23. The fraction of sp³-hybridized carbons (Fsp3) is 0.917. The van der Waals surface area contributed by atoms with Gasteiger partial charge in [0.05, 0.1) is 6.04 Å². The first kappa shape index (κ1) is 15.4. The Hall–Kier alpha value is -0.610. The summed E-state index contributed by atoms with van der Waals surface area (Å²) in [5.41, 5.74) is -0.140. The molecule has 0 rings (SSSR count). The number of nitrogens with one attached hydrogen (secondary N) is 1. The topological polar surface area (TPSA) is 52.6 Å². The molecular formula is C12H26N2O2. The third-order valence-electron chi connectivity index (χ3n) is 3.29. The van der Waals surface area contributed by atoms with E-state index in [0.29, 0.717) is 6.54 Å². The lowest BCUT2D eigenvalue weighted by atomic mass is 9.88. The molecule has 0 bridgehead atoms. The van der Waals surface area contributed by atoms with Gasteiger partial charge in [-0.25, -0.2) is 0 Å². The van der Waals surface area contributed by atoms with E-state index in [1.807, 2.05) is 27.7 Å². The summed E-state index contributed by atoms with van der Waals surface area (Å²) < 4.78 is 0. The van der Waals surface area contributed by atoms with Crippen molar-refractivity contribution in [2.75, 3.05) is 26.7 Å². The predicted octanol–water partition coefficient (Wildman–Crippen LogP) is 0.851. The first-order chi connectivity index (χ1) is 7.40. The summed E-state index contributed by atoms with van der Waals surface area (Å²) in [4.78, 5) is 13.5. The zero-order valence-electron chi connectivity index (χ0n) is 11.2. The van der Waals surface area contributed by atoms with Gasteiger partial charge in [0.1, 0.15) is 0 Å². The quantitative estimate of drug-likeness (QED) is 0.682. The van der Waals surface area contributed by atoms with Crippen LogP contribution in [0.3, 0.4) is 0 Å². The van der Waals surface area contributed by atoms with Crippen molar-refractivity contribution in [1.82, 2.24) is 10.2 Å². The molecule has 0 heterocycles. The van der Waals surface area contributed by atoms with Crippen LogP contribution in [-0.2, 0) is 4.79 Å². The van der Waals surface area contributed by atoms with Gasteiger partial charge in [-0.05, 0) is 20.3 Å². The van der Waals surface area contributed by atoms with E-state index in [1.54, 1.807) is 11.9 Å². The van der Waals surface area contributed by atoms with E-state index in [2.05, 4.69) is 5.32 Å². The molecule has 0 spiro atoms. The molecule has 0 aromatic heterocycles. The lowest BCUT2D eigenvalue weighted by molar-refractivity contribution is -0.131. The summed E-state index contributed by atoms with van der Waals surface area (Å²) in [6.07, 6.45) is 0.890. The zero-order valence-corrected chi connectivity index (χ0v) is 11.2. The van der Waals surface area contributed by atoms with Gasteiger partial charge in [-0.2, -0.15) is 0 Å². The number of amides is 1. The number of hydrogen-bond donors (Lipinski definition) is 2. The van der Waals surface area contributed by atoms with Crippen LogP contribution in [0.15, 0.2) is 0 Å². The molecule has 0 aromatic rings. The molecule has 0 aliphatic heterocycles. The van der Waals surface area contributed by atoms with E-state index in [-0.39, 0.29) is 24.0 Å². The molecule has 0 saturated heterocycles. The van der Waals surface area contributed by atoms with Gasteiger partial charge in [-0.3, -0.25) is 4.79 Å². The van der Waals surface area contributed by atoms with Crippen molar-refractivity contribution in [3.8, 4) is 0 Å². The van der Waals surface area contributed by atoms with E-state index in [9.17, 15) is 9.90 Å². The third-order valence-corrected chi connectivity index (χ3v) is 3.29. The Labute approximate surface area is 99.0 Å². The van der Waals surface area contributed by atoms with Gasteiger partial charge in [0.25, 0.3) is 0 Å². The number of rotatable bonds is 7. The minimum Gasteiger partial charge on any atom is -0.396 e. The van der Waals surface area contributed by atoms with E-state index in [0.717, 1.165) is 13.0 Å². The van der Waals surface area contributed by atoms with Crippen LogP contribution in [0.1, 0.15) is 34.1 Å². The van der Waals surface area contributed by atoms with Crippen LogP contribution in [0.5, 0.6) is 0 Å². The van der Waals surface area contributed by atoms with Gasteiger partial charge >= 0.3 is 0 Å². The van der Waals surface area contributed by atoms with Crippen LogP contribution < -0.4 is 5.32 Å². The SMILES string of the molecule is CCN(C)C(=O)C(C)NCC(C)(CC)CO. The van der Waals surface area contributed by atoms with Crippen LogP contribution in [0.25, 0.3) is 0 Å². The maximum Gasteiger partial charge on any atom is 0.239 e.